The maximum Gasteiger partial charge on any atom is 0.322 e. The molecule has 1 rings (SSSR count). The summed E-state index contributed by atoms with van der Waals surface area (Å²) in [6, 6.07) is 7.55. The molecule has 0 spiro atoms. The highest BCUT2D eigenvalue weighted by Crippen LogP contribution is 2.10. The summed E-state index contributed by atoms with van der Waals surface area (Å²) in [6.07, 6.45) is 0. The summed E-state index contributed by atoms with van der Waals surface area (Å²) in [7, 11) is 0. The Morgan fingerprint density at radius 1 is 1.42 bits per heavy atom. The number of rotatable bonds is 3. The van der Waals surface area contributed by atoms with Gasteiger partial charge < -0.3 is 10.4 Å². The van der Waals surface area contributed by atoms with Crippen LogP contribution in [0.25, 0.3) is 0 Å². The Bertz CT molecular complexity index is 271. The average Bonchev–Trinajstić information content (AvgIpc) is 2.03. The van der Waals surface area contributed by atoms with Gasteiger partial charge in [-0.15, -0.1) is 0 Å². The SMILES string of the molecule is O=C(O)CNc1ccc(I)cc1. The predicted molar refractivity (Wildman–Crippen MR) is 55.3 cm³/mol. The first-order chi connectivity index (χ1) is 5.68. The van der Waals surface area contributed by atoms with Gasteiger partial charge in [0.15, 0.2) is 0 Å². The normalized spacial score (nSPS) is 9.42. The van der Waals surface area contributed by atoms with Crippen molar-refractivity contribution in [3.05, 3.63) is 27.8 Å². The van der Waals surface area contributed by atoms with Gasteiger partial charge in [-0.2, -0.15) is 0 Å². The van der Waals surface area contributed by atoms with Crippen molar-refractivity contribution in [2.24, 2.45) is 0 Å². The molecule has 0 radical (unpaired) electrons. The number of halogens is 1. The van der Waals surface area contributed by atoms with Gasteiger partial charge in [-0.1, -0.05) is 0 Å². The van der Waals surface area contributed by atoms with Gasteiger partial charge in [-0.05, 0) is 46.9 Å². The van der Waals surface area contributed by atoms with Crippen molar-refractivity contribution in [1.82, 2.24) is 0 Å². The van der Waals surface area contributed by atoms with Crippen LogP contribution in [0.5, 0.6) is 0 Å². The van der Waals surface area contributed by atoms with Gasteiger partial charge in [0.25, 0.3) is 0 Å². The molecule has 0 saturated heterocycles. The van der Waals surface area contributed by atoms with Crippen LogP contribution >= 0.6 is 22.6 Å². The van der Waals surface area contributed by atoms with Crippen molar-refractivity contribution in [3.8, 4) is 0 Å². The van der Waals surface area contributed by atoms with Crippen molar-refractivity contribution >= 4 is 34.2 Å². The van der Waals surface area contributed by atoms with Crippen LogP contribution < -0.4 is 5.32 Å². The van der Waals surface area contributed by atoms with Crippen LogP contribution in [-0.4, -0.2) is 17.6 Å². The second-order valence-corrected chi connectivity index (χ2v) is 3.50. The zero-order chi connectivity index (χ0) is 8.97. The molecule has 1 aromatic rings. The molecular weight excluding hydrogens is 269 g/mol. The molecule has 2 N–H and O–H groups in total. The second kappa shape index (κ2) is 4.30. The average molecular weight is 277 g/mol. The fourth-order valence-corrected chi connectivity index (χ4v) is 1.10. The van der Waals surface area contributed by atoms with Crippen molar-refractivity contribution in [2.75, 3.05) is 11.9 Å². The summed E-state index contributed by atoms with van der Waals surface area (Å²) in [5.41, 5.74) is 0.831. The lowest BCUT2D eigenvalue weighted by molar-refractivity contribution is -0.134. The molecule has 0 aliphatic heterocycles. The first-order valence-corrected chi connectivity index (χ1v) is 4.47. The third kappa shape index (κ3) is 3.08. The van der Waals surface area contributed by atoms with Gasteiger partial charge >= 0.3 is 5.97 Å². The minimum Gasteiger partial charge on any atom is -0.480 e. The fraction of sp³-hybridized carbons (Fsp3) is 0.125. The Morgan fingerprint density at radius 2 is 2.00 bits per heavy atom. The van der Waals surface area contributed by atoms with Crippen LogP contribution in [-0.2, 0) is 4.79 Å². The number of aliphatic carboxylic acids is 1. The van der Waals surface area contributed by atoms with Crippen LogP contribution in [0.15, 0.2) is 24.3 Å². The molecule has 3 nitrogen and oxygen atoms in total. The minimum absolute atomic E-state index is 0.0411. The van der Waals surface area contributed by atoms with Crippen LogP contribution in [0.4, 0.5) is 5.69 Å². The highest BCUT2D eigenvalue weighted by atomic mass is 127. The van der Waals surface area contributed by atoms with Gasteiger partial charge in [0.2, 0.25) is 0 Å². The number of hydrogen-bond donors (Lipinski definition) is 2. The van der Waals surface area contributed by atoms with Crippen molar-refractivity contribution < 1.29 is 9.90 Å². The molecule has 0 heterocycles. The van der Waals surface area contributed by atoms with E-state index in [1.54, 1.807) is 0 Å². The number of carbonyl (C=O) groups is 1. The third-order valence-corrected chi connectivity index (χ3v) is 2.01. The zero-order valence-corrected chi connectivity index (χ0v) is 8.41. The third-order valence-electron chi connectivity index (χ3n) is 1.29. The second-order valence-electron chi connectivity index (χ2n) is 2.25. The smallest absolute Gasteiger partial charge is 0.322 e. The molecule has 0 aliphatic rings. The Labute approximate surface area is 83.9 Å². The molecule has 12 heavy (non-hydrogen) atoms. The van der Waals surface area contributed by atoms with Crippen LogP contribution in [0, 0.1) is 3.57 Å². The van der Waals surface area contributed by atoms with Crippen molar-refractivity contribution in [3.63, 3.8) is 0 Å². The molecule has 0 fully saturated rings. The summed E-state index contributed by atoms with van der Waals surface area (Å²) in [5, 5.41) is 11.1. The topological polar surface area (TPSA) is 49.3 Å². The van der Waals surface area contributed by atoms with E-state index in [-0.39, 0.29) is 6.54 Å². The molecule has 0 saturated carbocycles. The number of hydrogen-bond acceptors (Lipinski definition) is 2. The summed E-state index contributed by atoms with van der Waals surface area (Å²) < 4.78 is 1.13. The quantitative estimate of drug-likeness (QED) is 0.828. The van der Waals surface area contributed by atoms with E-state index in [4.69, 9.17) is 5.11 Å². The standard InChI is InChI=1S/C8H8INO2/c9-6-1-3-7(4-2-6)10-5-8(11)12/h1-4,10H,5H2,(H,11,12). The van der Waals surface area contributed by atoms with Gasteiger partial charge in [0.05, 0.1) is 0 Å². The number of anilines is 1. The lowest BCUT2D eigenvalue weighted by Crippen LogP contribution is -2.11. The fourth-order valence-electron chi connectivity index (χ4n) is 0.745. The number of nitrogens with one attached hydrogen (secondary N) is 1. The minimum atomic E-state index is -0.853. The first kappa shape index (κ1) is 9.31. The maximum atomic E-state index is 10.2. The molecule has 0 bridgehead atoms. The zero-order valence-electron chi connectivity index (χ0n) is 6.25. The molecule has 64 valence electrons. The van der Waals surface area contributed by atoms with Crippen LogP contribution in [0.3, 0.4) is 0 Å². The van der Waals surface area contributed by atoms with E-state index in [2.05, 4.69) is 27.9 Å². The largest absolute Gasteiger partial charge is 0.480 e. The highest BCUT2D eigenvalue weighted by molar-refractivity contribution is 14.1. The van der Waals surface area contributed by atoms with Crippen molar-refractivity contribution in [1.29, 1.82) is 0 Å². The highest BCUT2D eigenvalue weighted by Gasteiger charge is 1.95. The van der Waals surface area contributed by atoms with Crippen molar-refractivity contribution in [2.45, 2.75) is 0 Å². The van der Waals surface area contributed by atoms with Gasteiger partial charge in [-0.3, -0.25) is 4.79 Å². The summed E-state index contributed by atoms with van der Waals surface area (Å²) in [4.78, 5) is 10.2. The van der Waals surface area contributed by atoms with Crippen LogP contribution in [0.2, 0.25) is 0 Å². The Morgan fingerprint density at radius 3 is 2.50 bits per heavy atom. The summed E-state index contributed by atoms with van der Waals surface area (Å²) in [6.45, 7) is -0.0411. The Kier molecular flexibility index (Phi) is 3.33. The maximum absolute atomic E-state index is 10.2. The van der Waals surface area contributed by atoms with Crippen LogP contribution in [0.1, 0.15) is 0 Å². The molecule has 0 amide bonds. The number of carboxylic acid groups (broad SMARTS) is 1. The van der Waals surface area contributed by atoms with E-state index in [1.807, 2.05) is 24.3 Å². The lowest BCUT2D eigenvalue weighted by Gasteiger charge is -2.01. The lowest BCUT2D eigenvalue weighted by atomic mass is 10.3. The van der Waals surface area contributed by atoms with E-state index in [0.717, 1.165) is 9.26 Å². The van der Waals surface area contributed by atoms with Gasteiger partial charge in [0, 0.05) is 9.26 Å². The summed E-state index contributed by atoms with van der Waals surface area (Å²) in [5.74, 6) is -0.853. The molecule has 0 atom stereocenters. The molecule has 0 unspecified atom stereocenters. The number of carboxylic acids is 1. The molecule has 0 aromatic heterocycles. The monoisotopic (exact) mass is 277 g/mol. The Balaban J connectivity index is 2.53. The van der Waals surface area contributed by atoms with Gasteiger partial charge in [-0.25, -0.2) is 0 Å². The van der Waals surface area contributed by atoms with Gasteiger partial charge in [0.1, 0.15) is 6.54 Å². The van der Waals surface area contributed by atoms with E-state index in [9.17, 15) is 4.79 Å². The predicted octanol–water partition coefficient (Wildman–Crippen LogP) is 1.79. The van der Waals surface area contributed by atoms with E-state index < -0.39 is 5.97 Å². The summed E-state index contributed by atoms with van der Waals surface area (Å²) >= 11 is 2.19. The first-order valence-electron chi connectivity index (χ1n) is 3.40. The Hall–Kier alpha value is -0.780. The molecule has 0 aliphatic carbocycles. The molecule has 4 heteroatoms. The molecular formula is C8H8INO2. The van der Waals surface area contributed by atoms with E-state index >= 15 is 0 Å². The molecule has 1 aromatic carbocycles. The number of benzene rings is 1. The van der Waals surface area contributed by atoms with E-state index in [1.165, 1.54) is 0 Å². The van der Waals surface area contributed by atoms with E-state index in [0.29, 0.717) is 0 Å².